The highest BCUT2D eigenvalue weighted by atomic mass is 19.4. The summed E-state index contributed by atoms with van der Waals surface area (Å²) in [4.78, 5) is 14.7. The van der Waals surface area contributed by atoms with Gasteiger partial charge >= 0.3 is 12.1 Å². The maximum Gasteiger partial charge on any atom is 0.421 e. The molecule has 0 radical (unpaired) electrons. The van der Waals surface area contributed by atoms with E-state index in [1.807, 2.05) is 13.8 Å². The molecule has 23 heavy (non-hydrogen) atoms. The average molecular weight is 328 g/mol. The molecule has 4 nitrogen and oxygen atoms in total. The number of aromatic amines is 1. The van der Waals surface area contributed by atoms with Gasteiger partial charge in [-0.15, -0.1) is 0 Å². The van der Waals surface area contributed by atoms with E-state index in [1.165, 1.54) is 6.92 Å². The molecule has 0 fully saturated rings. The first-order valence-electron chi connectivity index (χ1n) is 7.27. The van der Waals surface area contributed by atoms with E-state index in [2.05, 4.69) is 9.72 Å². The number of H-pyrrole nitrogens is 1. The van der Waals surface area contributed by atoms with Crippen LogP contribution >= 0.6 is 0 Å². The molecular formula is C16H19F3N2O2. The molecule has 1 atom stereocenters. The van der Waals surface area contributed by atoms with Crippen LogP contribution in [0.15, 0.2) is 24.4 Å². The van der Waals surface area contributed by atoms with E-state index in [-0.39, 0.29) is 23.5 Å². The maximum atomic E-state index is 13.5. The fraction of sp³-hybridized carbons (Fsp3) is 0.438. The van der Waals surface area contributed by atoms with Gasteiger partial charge in [0.2, 0.25) is 5.54 Å². The fourth-order valence-corrected chi connectivity index (χ4v) is 2.45. The summed E-state index contributed by atoms with van der Waals surface area (Å²) in [6.07, 6.45) is -3.86. The van der Waals surface area contributed by atoms with Crippen molar-refractivity contribution in [3.8, 4) is 0 Å². The molecule has 0 bridgehead atoms. The van der Waals surface area contributed by atoms with E-state index in [9.17, 15) is 18.0 Å². The SMILES string of the molecule is CCOC(=O)[C@](N)(c1c[nH]c2cc(C(C)C)ccc12)C(F)(F)F. The molecule has 7 heteroatoms. The molecule has 3 N–H and O–H groups in total. The molecule has 0 aliphatic rings. The predicted octanol–water partition coefficient (Wildman–Crippen LogP) is 3.57. The molecule has 126 valence electrons. The number of rotatable bonds is 4. The highest BCUT2D eigenvalue weighted by Gasteiger charge is 2.61. The van der Waals surface area contributed by atoms with Crippen molar-refractivity contribution in [3.05, 3.63) is 35.5 Å². The van der Waals surface area contributed by atoms with Crippen LogP contribution < -0.4 is 5.73 Å². The van der Waals surface area contributed by atoms with Crippen molar-refractivity contribution in [3.63, 3.8) is 0 Å². The zero-order valence-corrected chi connectivity index (χ0v) is 13.1. The van der Waals surface area contributed by atoms with E-state index in [4.69, 9.17) is 5.73 Å². The van der Waals surface area contributed by atoms with Gasteiger partial charge < -0.3 is 15.5 Å². The molecule has 1 aromatic carbocycles. The lowest BCUT2D eigenvalue weighted by atomic mass is 9.89. The van der Waals surface area contributed by atoms with Gasteiger partial charge in [-0.1, -0.05) is 26.0 Å². The number of hydrogen-bond acceptors (Lipinski definition) is 3. The van der Waals surface area contributed by atoms with Gasteiger partial charge in [0.15, 0.2) is 0 Å². The van der Waals surface area contributed by atoms with Crippen molar-refractivity contribution >= 4 is 16.9 Å². The van der Waals surface area contributed by atoms with Gasteiger partial charge in [0.25, 0.3) is 0 Å². The van der Waals surface area contributed by atoms with Crippen LogP contribution in [-0.4, -0.2) is 23.7 Å². The first-order valence-corrected chi connectivity index (χ1v) is 7.27. The van der Waals surface area contributed by atoms with E-state index < -0.39 is 17.7 Å². The van der Waals surface area contributed by atoms with Crippen LogP contribution in [0.5, 0.6) is 0 Å². The standard InChI is InChI=1S/C16H19F3N2O2/c1-4-23-14(22)15(20,16(17,18)19)12-8-21-13-7-10(9(2)3)5-6-11(12)13/h5-9,21H,4,20H2,1-3H3/t15-/m1/s1. The number of nitrogens with two attached hydrogens (primary N) is 1. The quantitative estimate of drug-likeness (QED) is 0.843. The molecule has 1 heterocycles. The molecule has 0 saturated heterocycles. The molecule has 1 aromatic heterocycles. The van der Waals surface area contributed by atoms with Crippen molar-refractivity contribution in [1.29, 1.82) is 0 Å². The number of halogens is 3. The number of ether oxygens (including phenoxy) is 1. The second-order valence-electron chi connectivity index (χ2n) is 5.69. The molecule has 0 saturated carbocycles. The van der Waals surface area contributed by atoms with Gasteiger partial charge in [-0.3, -0.25) is 0 Å². The monoisotopic (exact) mass is 328 g/mol. The third-order valence-electron chi connectivity index (χ3n) is 3.84. The van der Waals surface area contributed by atoms with Crippen LogP contribution in [0.3, 0.4) is 0 Å². The summed E-state index contributed by atoms with van der Waals surface area (Å²) in [6.45, 7) is 5.20. The lowest BCUT2D eigenvalue weighted by Gasteiger charge is -2.29. The third-order valence-corrected chi connectivity index (χ3v) is 3.84. The van der Waals surface area contributed by atoms with E-state index >= 15 is 0 Å². The number of nitrogens with one attached hydrogen (secondary N) is 1. The Balaban J connectivity index is 2.65. The molecule has 0 aliphatic carbocycles. The minimum absolute atomic E-state index is 0.187. The van der Waals surface area contributed by atoms with Crippen molar-refractivity contribution < 1.29 is 22.7 Å². The van der Waals surface area contributed by atoms with Gasteiger partial charge in [-0.05, 0) is 24.5 Å². The predicted molar refractivity (Wildman–Crippen MR) is 80.9 cm³/mol. The third kappa shape index (κ3) is 2.81. The summed E-state index contributed by atoms with van der Waals surface area (Å²) < 4.78 is 45.2. The lowest BCUT2D eigenvalue weighted by Crippen LogP contribution is -2.57. The number of carbonyl (C=O) groups is 1. The zero-order valence-electron chi connectivity index (χ0n) is 13.1. The first-order chi connectivity index (χ1) is 10.6. The van der Waals surface area contributed by atoms with Gasteiger partial charge in [-0.25, -0.2) is 4.79 Å². The molecule has 0 aliphatic heterocycles. The average Bonchev–Trinajstić information content (AvgIpc) is 2.88. The summed E-state index contributed by atoms with van der Waals surface area (Å²) in [7, 11) is 0. The summed E-state index contributed by atoms with van der Waals surface area (Å²) >= 11 is 0. The second kappa shape index (κ2) is 5.88. The molecular weight excluding hydrogens is 309 g/mol. The Labute approximate surface area is 131 Å². The van der Waals surface area contributed by atoms with Crippen LogP contribution in [0.4, 0.5) is 13.2 Å². The Morgan fingerprint density at radius 1 is 1.35 bits per heavy atom. The first kappa shape index (κ1) is 17.3. The highest BCUT2D eigenvalue weighted by Crippen LogP contribution is 2.41. The molecule has 2 rings (SSSR count). The molecule has 0 spiro atoms. The largest absolute Gasteiger partial charge is 0.464 e. The summed E-state index contributed by atoms with van der Waals surface area (Å²) in [6, 6.07) is 5.03. The van der Waals surface area contributed by atoms with Crippen molar-refractivity contribution in [2.75, 3.05) is 6.61 Å². The zero-order chi connectivity index (χ0) is 17.4. The molecule has 0 unspecified atom stereocenters. The number of fused-ring (bicyclic) bond motifs is 1. The maximum absolute atomic E-state index is 13.5. The Morgan fingerprint density at radius 3 is 2.52 bits per heavy atom. The van der Waals surface area contributed by atoms with Crippen LogP contribution in [0.25, 0.3) is 10.9 Å². The number of hydrogen-bond donors (Lipinski definition) is 2. The lowest BCUT2D eigenvalue weighted by molar-refractivity contribution is -0.208. The van der Waals surface area contributed by atoms with E-state index in [0.717, 1.165) is 11.8 Å². The Bertz CT molecular complexity index is 722. The summed E-state index contributed by atoms with van der Waals surface area (Å²) in [5.41, 5.74) is 3.43. The smallest absolute Gasteiger partial charge is 0.421 e. The van der Waals surface area contributed by atoms with Crippen molar-refractivity contribution in [2.24, 2.45) is 5.73 Å². The Morgan fingerprint density at radius 2 is 2.00 bits per heavy atom. The summed E-state index contributed by atoms with van der Waals surface area (Å²) in [5.74, 6) is -1.29. The second-order valence-corrected chi connectivity index (χ2v) is 5.69. The van der Waals surface area contributed by atoms with Crippen LogP contribution in [0, 0.1) is 0 Å². The van der Waals surface area contributed by atoms with E-state index in [1.54, 1.807) is 18.2 Å². The Kier molecular flexibility index (Phi) is 4.43. The number of carbonyl (C=O) groups excluding carboxylic acids is 1. The highest BCUT2D eigenvalue weighted by molar-refractivity contribution is 5.93. The number of benzene rings is 1. The van der Waals surface area contributed by atoms with Gasteiger partial charge in [0.1, 0.15) is 0 Å². The van der Waals surface area contributed by atoms with Crippen molar-refractivity contribution in [1.82, 2.24) is 4.98 Å². The molecule has 0 amide bonds. The minimum Gasteiger partial charge on any atom is -0.464 e. The van der Waals surface area contributed by atoms with Crippen molar-refractivity contribution in [2.45, 2.75) is 38.4 Å². The fourth-order valence-electron chi connectivity index (χ4n) is 2.45. The Hall–Kier alpha value is -2.02. The van der Waals surface area contributed by atoms with Crippen LogP contribution in [-0.2, 0) is 15.1 Å². The van der Waals surface area contributed by atoms with Crippen LogP contribution in [0.2, 0.25) is 0 Å². The minimum atomic E-state index is -4.98. The van der Waals surface area contributed by atoms with Gasteiger partial charge in [0, 0.05) is 22.7 Å². The number of aromatic nitrogens is 1. The number of alkyl halides is 3. The normalized spacial score (nSPS) is 15.0. The summed E-state index contributed by atoms with van der Waals surface area (Å²) in [5, 5.41) is 0.252. The van der Waals surface area contributed by atoms with Crippen LogP contribution in [0.1, 0.15) is 37.8 Å². The van der Waals surface area contributed by atoms with Gasteiger partial charge in [0.05, 0.1) is 6.61 Å². The number of esters is 1. The van der Waals surface area contributed by atoms with Gasteiger partial charge in [-0.2, -0.15) is 13.2 Å². The molecule has 2 aromatic rings. The topological polar surface area (TPSA) is 68.1 Å². The van der Waals surface area contributed by atoms with E-state index in [0.29, 0.717) is 5.52 Å².